The second kappa shape index (κ2) is 9.18. The molecule has 1 aromatic heterocycles. The van der Waals surface area contributed by atoms with E-state index in [0.717, 1.165) is 39.3 Å². The van der Waals surface area contributed by atoms with Crippen LogP contribution in [0.2, 0.25) is 0 Å². The molecule has 0 saturated heterocycles. The van der Waals surface area contributed by atoms with Gasteiger partial charge in [-0.1, -0.05) is 29.0 Å². The molecule has 31 heavy (non-hydrogen) atoms. The Morgan fingerprint density at radius 2 is 1.58 bits per heavy atom. The topological polar surface area (TPSA) is 92.3 Å². The molecule has 3 amide bonds. The summed E-state index contributed by atoms with van der Waals surface area (Å²) in [5.74, 6) is 0.471. The van der Waals surface area contributed by atoms with E-state index in [1.807, 2.05) is 45.9 Å². The number of aromatic nitrogens is 1. The fraction of sp³-hybridized carbons (Fsp3) is 0.261. The van der Waals surface area contributed by atoms with E-state index < -0.39 is 6.03 Å². The molecule has 3 rings (SSSR count). The number of ether oxygens (including phenoxy) is 1. The van der Waals surface area contributed by atoms with Crippen LogP contribution in [0.1, 0.15) is 37.6 Å². The van der Waals surface area contributed by atoms with Crippen LogP contribution in [0.15, 0.2) is 30.3 Å². The van der Waals surface area contributed by atoms with Gasteiger partial charge in [-0.3, -0.25) is 10.1 Å². The minimum atomic E-state index is -0.431. The van der Waals surface area contributed by atoms with E-state index in [4.69, 9.17) is 4.74 Å². The van der Waals surface area contributed by atoms with Crippen molar-refractivity contribution in [2.45, 2.75) is 34.6 Å². The third-order valence-electron chi connectivity index (χ3n) is 4.82. The van der Waals surface area contributed by atoms with Crippen molar-refractivity contribution in [3.8, 4) is 5.75 Å². The standard InChI is InChI=1S/C23H26N4O3S/c1-12-9-14(3)19(15(4)10-12)26-21(28)20-16(5)24-23(31-20)27-22(29)25-18-8-7-17(30-6)11-13(18)2/h7-11H,1-6H3,(H,26,28)(H2,24,25,27,29). The number of nitrogens with one attached hydrogen (secondary N) is 3. The first-order chi connectivity index (χ1) is 14.7. The lowest BCUT2D eigenvalue weighted by Gasteiger charge is -2.12. The first-order valence-corrected chi connectivity index (χ1v) is 10.6. The van der Waals surface area contributed by atoms with E-state index in [1.165, 1.54) is 0 Å². The summed E-state index contributed by atoms with van der Waals surface area (Å²) < 4.78 is 5.18. The molecule has 0 spiro atoms. The van der Waals surface area contributed by atoms with Gasteiger partial charge in [0.25, 0.3) is 5.91 Å². The zero-order chi connectivity index (χ0) is 22.7. The molecule has 0 aliphatic carbocycles. The predicted octanol–water partition coefficient (Wildman–Crippen LogP) is 5.59. The van der Waals surface area contributed by atoms with Crippen LogP contribution in [0.5, 0.6) is 5.75 Å². The fourth-order valence-corrected chi connectivity index (χ4v) is 4.22. The molecule has 0 atom stereocenters. The van der Waals surface area contributed by atoms with E-state index in [2.05, 4.69) is 20.9 Å². The van der Waals surface area contributed by atoms with Crippen molar-refractivity contribution >= 4 is 39.8 Å². The number of hydrogen-bond donors (Lipinski definition) is 3. The fourth-order valence-electron chi connectivity index (χ4n) is 3.36. The molecule has 0 saturated carbocycles. The number of carbonyl (C=O) groups excluding carboxylic acids is 2. The molecule has 3 aromatic rings. The molecule has 0 aliphatic heterocycles. The number of nitrogens with zero attached hydrogens (tertiary/aromatic N) is 1. The summed E-state index contributed by atoms with van der Waals surface area (Å²) in [5.41, 5.74) is 6.03. The van der Waals surface area contributed by atoms with E-state index in [1.54, 1.807) is 26.2 Å². The molecule has 0 unspecified atom stereocenters. The highest BCUT2D eigenvalue weighted by Crippen LogP contribution is 2.27. The molecule has 2 aromatic carbocycles. The summed E-state index contributed by atoms with van der Waals surface area (Å²) >= 11 is 1.14. The van der Waals surface area contributed by atoms with Crippen LogP contribution in [0.4, 0.5) is 21.3 Å². The lowest BCUT2D eigenvalue weighted by atomic mass is 10.1. The molecule has 7 nitrogen and oxygen atoms in total. The smallest absolute Gasteiger partial charge is 0.325 e. The summed E-state index contributed by atoms with van der Waals surface area (Å²) in [6, 6.07) is 9.00. The Labute approximate surface area is 185 Å². The van der Waals surface area contributed by atoms with Crippen molar-refractivity contribution in [3.63, 3.8) is 0 Å². The maximum Gasteiger partial charge on any atom is 0.325 e. The van der Waals surface area contributed by atoms with E-state index in [9.17, 15) is 9.59 Å². The molecule has 0 aliphatic rings. The van der Waals surface area contributed by atoms with Crippen molar-refractivity contribution < 1.29 is 14.3 Å². The van der Waals surface area contributed by atoms with Gasteiger partial charge < -0.3 is 15.4 Å². The number of thiazole rings is 1. The summed E-state index contributed by atoms with van der Waals surface area (Å²) in [6.07, 6.45) is 0. The van der Waals surface area contributed by atoms with Crippen molar-refractivity contribution in [1.82, 2.24) is 4.98 Å². The van der Waals surface area contributed by atoms with Gasteiger partial charge >= 0.3 is 6.03 Å². The predicted molar refractivity (Wildman–Crippen MR) is 126 cm³/mol. The molecule has 0 bridgehead atoms. The van der Waals surface area contributed by atoms with Gasteiger partial charge in [-0.05, 0) is 69.5 Å². The average Bonchev–Trinajstić information content (AvgIpc) is 3.06. The maximum absolute atomic E-state index is 12.8. The second-order valence-corrected chi connectivity index (χ2v) is 8.42. The highest BCUT2D eigenvalue weighted by atomic mass is 32.1. The Kier molecular flexibility index (Phi) is 6.60. The third-order valence-corrected chi connectivity index (χ3v) is 5.89. The number of aryl methyl sites for hydroxylation is 5. The SMILES string of the molecule is COc1ccc(NC(=O)Nc2nc(C)c(C(=O)Nc3c(C)cc(C)cc3C)s2)c(C)c1. The molecular weight excluding hydrogens is 412 g/mol. The van der Waals surface area contributed by atoms with Crippen LogP contribution in [-0.2, 0) is 0 Å². The van der Waals surface area contributed by atoms with E-state index in [-0.39, 0.29) is 5.91 Å². The first-order valence-electron chi connectivity index (χ1n) is 9.77. The van der Waals surface area contributed by atoms with Gasteiger partial charge in [0.15, 0.2) is 5.13 Å². The van der Waals surface area contributed by atoms with E-state index in [0.29, 0.717) is 27.1 Å². The van der Waals surface area contributed by atoms with Crippen LogP contribution >= 0.6 is 11.3 Å². The van der Waals surface area contributed by atoms with Gasteiger partial charge in [0, 0.05) is 11.4 Å². The number of anilines is 3. The molecule has 162 valence electrons. The normalized spacial score (nSPS) is 10.5. The van der Waals surface area contributed by atoms with Crippen LogP contribution in [0.3, 0.4) is 0 Å². The number of carbonyl (C=O) groups is 2. The third kappa shape index (κ3) is 5.21. The lowest BCUT2D eigenvalue weighted by molar-refractivity contribution is 0.102. The van der Waals surface area contributed by atoms with Crippen LogP contribution in [0.25, 0.3) is 0 Å². The quantitative estimate of drug-likeness (QED) is 0.484. The van der Waals surface area contributed by atoms with Crippen molar-refractivity contribution in [1.29, 1.82) is 0 Å². The van der Waals surface area contributed by atoms with Gasteiger partial charge in [0.05, 0.1) is 12.8 Å². The van der Waals surface area contributed by atoms with Crippen molar-refractivity contribution in [2.75, 3.05) is 23.1 Å². The number of rotatable bonds is 5. The second-order valence-electron chi connectivity index (χ2n) is 7.42. The molecule has 0 radical (unpaired) electrons. The van der Waals surface area contributed by atoms with Gasteiger partial charge in [-0.2, -0.15) is 0 Å². The number of urea groups is 1. The monoisotopic (exact) mass is 438 g/mol. The minimum absolute atomic E-state index is 0.246. The zero-order valence-electron chi connectivity index (χ0n) is 18.5. The van der Waals surface area contributed by atoms with Crippen molar-refractivity contribution in [3.05, 3.63) is 63.2 Å². The molecule has 0 fully saturated rings. The number of methoxy groups -OCH3 is 1. The number of benzene rings is 2. The van der Waals surface area contributed by atoms with E-state index >= 15 is 0 Å². The van der Waals surface area contributed by atoms with Gasteiger partial charge in [0.1, 0.15) is 10.6 Å². The van der Waals surface area contributed by atoms with Gasteiger partial charge in [-0.25, -0.2) is 9.78 Å². The Morgan fingerprint density at radius 1 is 0.903 bits per heavy atom. The Balaban J connectivity index is 1.70. The Bertz CT molecular complexity index is 1130. The number of hydrogen-bond acceptors (Lipinski definition) is 5. The summed E-state index contributed by atoms with van der Waals surface area (Å²) in [5, 5.41) is 8.82. The van der Waals surface area contributed by atoms with Crippen molar-refractivity contribution in [2.24, 2.45) is 0 Å². The van der Waals surface area contributed by atoms with Crippen LogP contribution in [-0.4, -0.2) is 24.0 Å². The maximum atomic E-state index is 12.8. The largest absolute Gasteiger partial charge is 0.497 e. The highest BCUT2D eigenvalue weighted by Gasteiger charge is 2.18. The zero-order valence-corrected chi connectivity index (χ0v) is 19.3. The first kappa shape index (κ1) is 22.3. The summed E-state index contributed by atoms with van der Waals surface area (Å²) in [4.78, 5) is 30.0. The molecular formula is C23H26N4O3S. The molecule has 1 heterocycles. The van der Waals surface area contributed by atoms with Gasteiger partial charge in [-0.15, -0.1) is 0 Å². The lowest BCUT2D eigenvalue weighted by Crippen LogP contribution is -2.19. The van der Waals surface area contributed by atoms with Crippen LogP contribution in [0, 0.1) is 34.6 Å². The minimum Gasteiger partial charge on any atom is -0.497 e. The summed E-state index contributed by atoms with van der Waals surface area (Å²) in [6.45, 7) is 9.58. The Hall–Kier alpha value is -3.39. The number of amides is 3. The van der Waals surface area contributed by atoms with Gasteiger partial charge in [0.2, 0.25) is 0 Å². The highest BCUT2D eigenvalue weighted by molar-refractivity contribution is 7.17. The van der Waals surface area contributed by atoms with Crippen LogP contribution < -0.4 is 20.7 Å². The Morgan fingerprint density at radius 3 is 2.19 bits per heavy atom. The molecule has 8 heteroatoms. The average molecular weight is 439 g/mol. The molecule has 3 N–H and O–H groups in total. The summed E-state index contributed by atoms with van der Waals surface area (Å²) in [7, 11) is 1.59.